The number of hydrogen-bond donors (Lipinski definition) is 3. The highest BCUT2D eigenvalue weighted by molar-refractivity contribution is 5.94. The van der Waals surface area contributed by atoms with Gasteiger partial charge in [-0.3, -0.25) is 14.9 Å². The molecule has 0 bridgehead atoms. The van der Waals surface area contributed by atoms with Crippen molar-refractivity contribution in [2.45, 2.75) is 39.4 Å². The largest absolute Gasteiger partial charge is 0.433 e. The lowest BCUT2D eigenvalue weighted by Gasteiger charge is -2.12. The van der Waals surface area contributed by atoms with Crippen LogP contribution in [0.15, 0.2) is 30.7 Å². The summed E-state index contributed by atoms with van der Waals surface area (Å²) in [7, 11) is 0. The molecule has 0 aliphatic carbocycles. The van der Waals surface area contributed by atoms with Crippen molar-refractivity contribution in [3.05, 3.63) is 70.1 Å². The highest BCUT2D eigenvalue weighted by Crippen LogP contribution is 2.28. The van der Waals surface area contributed by atoms with Crippen molar-refractivity contribution in [2.75, 3.05) is 0 Å². The second-order valence-electron chi connectivity index (χ2n) is 6.68. The zero-order chi connectivity index (χ0) is 20.5. The number of aryl methyl sites for hydroxylation is 1. The van der Waals surface area contributed by atoms with Gasteiger partial charge in [-0.15, -0.1) is 0 Å². The van der Waals surface area contributed by atoms with E-state index < -0.39 is 11.9 Å². The Morgan fingerprint density at radius 2 is 2.00 bits per heavy atom. The maximum absolute atomic E-state index is 12.7. The molecule has 0 fully saturated rings. The van der Waals surface area contributed by atoms with E-state index in [9.17, 15) is 18.0 Å². The van der Waals surface area contributed by atoms with Crippen molar-refractivity contribution in [1.29, 1.82) is 0 Å². The van der Waals surface area contributed by atoms with Crippen LogP contribution < -0.4 is 5.32 Å². The Bertz CT molecular complexity index is 959. The first-order valence-electron chi connectivity index (χ1n) is 8.66. The van der Waals surface area contributed by atoms with Crippen molar-refractivity contribution in [1.82, 2.24) is 25.5 Å². The Balaban J connectivity index is 1.77. The van der Waals surface area contributed by atoms with Crippen LogP contribution >= 0.6 is 0 Å². The lowest BCUT2D eigenvalue weighted by atomic mass is 10.0. The van der Waals surface area contributed by atoms with Crippen LogP contribution in [-0.4, -0.2) is 26.1 Å². The Morgan fingerprint density at radius 1 is 1.25 bits per heavy atom. The molecule has 0 aliphatic rings. The number of aromatic amines is 2. The van der Waals surface area contributed by atoms with Gasteiger partial charge in [0.25, 0.3) is 5.91 Å². The molecule has 6 nitrogen and oxygen atoms in total. The highest BCUT2D eigenvalue weighted by atomic mass is 19.4. The molecule has 0 spiro atoms. The number of nitrogens with zero attached hydrogens (tertiary/aromatic N) is 2. The molecule has 3 aromatic rings. The number of H-pyrrole nitrogens is 2. The number of aromatic nitrogens is 4. The van der Waals surface area contributed by atoms with E-state index in [1.165, 1.54) is 12.3 Å². The topological polar surface area (TPSA) is 86.5 Å². The van der Waals surface area contributed by atoms with Crippen molar-refractivity contribution >= 4 is 5.91 Å². The fraction of sp³-hybridized carbons (Fsp3) is 0.316. The van der Waals surface area contributed by atoms with Gasteiger partial charge in [-0.25, -0.2) is 0 Å². The number of carbonyl (C=O) groups excluding carboxylic acids is 1. The highest BCUT2D eigenvalue weighted by Gasteiger charge is 2.32. The average molecular weight is 391 g/mol. The van der Waals surface area contributed by atoms with E-state index in [-0.39, 0.29) is 11.9 Å². The van der Waals surface area contributed by atoms with Crippen LogP contribution in [0.1, 0.15) is 57.1 Å². The monoisotopic (exact) mass is 391 g/mol. The van der Waals surface area contributed by atoms with Gasteiger partial charge in [0.1, 0.15) is 11.4 Å². The quantitative estimate of drug-likeness (QED) is 0.617. The van der Waals surface area contributed by atoms with Crippen molar-refractivity contribution in [2.24, 2.45) is 0 Å². The van der Waals surface area contributed by atoms with E-state index in [0.717, 1.165) is 28.5 Å². The third-order valence-corrected chi connectivity index (χ3v) is 4.68. The number of carbonyl (C=O) groups is 1. The molecule has 0 aliphatic heterocycles. The number of nitrogens with one attached hydrogen (secondary N) is 3. The molecule has 148 valence electrons. The van der Waals surface area contributed by atoms with E-state index in [2.05, 4.69) is 25.5 Å². The normalized spacial score (nSPS) is 12.8. The second kappa shape index (κ2) is 7.49. The maximum atomic E-state index is 12.7. The van der Waals surface area contributed by atoms with Crippen molar-refractivity contribution in [3.8, 4) is 0 Å². The van der Waals surface area contributed by atoms with Gasteiger partial charge in [-0.05, 0) is 43.5 Å². The van der Waals surface area contributed by atoms with Crippen LogP contribution in [0.4, 0.5) is 13.2 Å². The smallest absolute Gasteiger partial charge is 0.354 e. The number of pyridine rings is 1. The van der Waals surface area contributed by atoms with Gasteiger partial charge in [0.2, 0.25) is 0 Å². The van der Waals surface area contributed by atoms with Gasteiger partial charge in [0.15, 0.2) is 0 Å². The van der Waals surface area contributed by atoms with Gasteiger partial charge in [-0.2, -0.15) is 18.3 Å². The molecule has 9 heteroatoms. The summed E-state index contributed by atoms with van der Waals surface area (Å²) >= 11 is 0. The Hall–Kier alpha value is -3.10. The lowest BCUT2D eigenvalue weighted by molar-refractivity contribution is -0.141. The predicted molar refractivity (Wildman–Crippen MR) is 96.8 cm³/mol. The molecular formula is C19H20F3N5O. The van der Waals surface area contributed by atoms with Crippen LogP contribution in [0.2, 0.25) is 0 Å². The van der Waals surface area contributed by atoms with E-state index >= 15 is 0 Å². The van der Waals surface area contributed by atoms with Crippen LogP contribution in [-0.2, 0) is 12.6 Å². The summed E-state index contributed by atoms with van der Waals surface area (Å²) in [6.07, 6.45) is 0.482. The molecule has 1 amide bonds. The van der Waals surface area contributed by atoms with E-state index in [0.29, 0.717) is 17.7 Å². The second-order valence-corrected chi connectivity index (χ2v) is 6.68. The molecule has 1 unspecified atom stereocenters. The Kier molecular flexibility index (Phi) is 5.26. The Morgan fingerprint density at radius 3 is 2.57 bits per heavy atom. The van der Waals surface area contributed by atoms with Crippen LogP contribution in [0.25, 0.3) is 0 Å². The molecule has 0 radical (unpaired) electrons. The number of rotatable bonds is 5. The molecule has 1 atom stereocenters. The summed E-state index contributed by atoms with van der Waals surface area (Å²) in [5.74, 6) is -0.258. The van der Waals surface area contributed by atoms with E-state index in [1.807, 2.05) is 20.8 Å². The summed E-state index contributed by atoms with van der Waals surface area (Å²) in [5, 5.41) is 9.47. The number of hydrogen-bond acceptors (Lipinski definition) is 3. The summed E-state index contributed by atoms with van der Waals surface area (Å²) in [5.41, 5.74) is 3.41. The standard InChI is InChI=1S/C19H20F3N5O/c1-10-15(6-13-4-5-16(23-7-13)19(20,21)22)12(3)26-17(10)18(28)27-11(2)14-8-24-25-9-14/h4-5,7-9,11,26H,6H2,1-3H3,(H,24,25)(H,27,28). The zero-order valence-corrected chi connectivity index (χ0v) is 15.6. The molecule has 3 rings (SSSR count). The van der Waals surface area contributed by atoms with Gasteiger partial charge >= 0.3 is 6.18 Å². The first-order valence-corrected chi connectivity index (χ1v) is 8.66. The fourth-order valence-corrected chi connectivity index (χ4v) is 3.03. The SMILES string of the molecule is Cc1[nH]c(C(=O)NC(C)c2cn[nH]c2)c(C)c1Cc1ccc(C(F)(F)F)nc1. The zero-order valence-electron chi connectivity index (χ0n) is 15.6. The molecule has 3 heterocycles. The molecule has 0 saturated heterocycles. The summed E-state index contributed by atoms with van der Waals surface area (Å²) in [6.45, 7) is 5.49. The van der Waals surface area contributed by atoms with Crippen LogP contribution in [0.3, 0.4) is 0 Å². The van der Waals surface area contributed by atoms with Gasteiger partial charge in [0, 0.05) is 30.1 Å². The first kappa shape index (κ1) is 19.7. The van der Waals surface area contributed by atoms with E-state index in [4.69, 9.17) is 0 Å². The third-order valence-electron chi connectivity index (χ3n) is 4.68. The molecule has 28 heavy (non-hydrogen) atoms. The van der Waals surface area contributed by atoms with Gasteiger partial charge < -0.3 is 10.3 Å². The minimum atomic E-state index is -4.46. The van der Waals surface area contributed by atoms with E-state index in [1.54, 1.807) is 12.4 Å². The predicted octanol–water partition coefficient (Wildman–Crippen LogP) is 3.85. The van der Waals surface area contributed by atoms with Crippen molar-refractivity contribution < 1.29 is 18.0 Å². The third kappa shape index (κ3) is 4.08. The molecule has 0 aromatic carbocycles. The maximum Gasteiger partial charge on any atom is 0.433 e. The lowest BCUT2D eigenvalue weighted by Crippen LogP contribution is -2.27. The first-order chi connectivity index (χ1) is 13.2. The minimum Gasteiger partial charge on any atom is -0.354 e. The molecule has 0 saturated carbocycles. The molecular weight excluding hydrogens is 371 g/mol. The summed E-state index contributed by atoms with van der Waals surface area (Å²) in [4.78, 5) is 19.2. The van der Waals surface area contributed by atoms with Crippen LogP contribution in [0.5, 0.6) is 0 Å². The Labute approximate surface area is 159 Å². The number of halogens is 3. The summed E-state index contributed by atoms with van der Waals surface area (Å²) in [6, 6.07) is 2.15. The average Bonchev–Trinajstić information content (AvgIpc) is 3.26. The van der Waals surface area contributed by atoms with Gasteiger partial charge in [-0.1, -0.05) is 6.07 Å². The number of amides is 1. The van der Waals surface area contributed by atoms with Crippen LogP contribution in [0, 0.1) is 13.8 Å². The van der Waals surface area contributed by atoms with Gasteiger partial charge in [0.05, 0.1) is 12.2 Å². The van der Waals surface area contributed by atoms with Crippen molar-refractivity contribution in [3.63, 3.8) is 0 Å². The number of alkyl halides is 3. The molecule has 3 aromatic heterocycles. The summed E-state index contributed by atoms with van der Waals surface area (Å²) < 4.78 is 38.0. The molecule has 3 N–H and O–H groups in total. The minimum absolute atomic E-state index is 0.225. The fourth-order valence-electron chi connectivity index (χ4n) is 3.03.